The molecule has 2 aromatic heterocycles. The number of carboxylic acid groups (broad SMARTS) is 1. The first-order chi connectivity index (χ1) is 14.1. The fourth-order valence-electron chi connectivity index (χ4n) is 2.76. The lowest BCUT2D eigenvalue weighted by molar-refractivity contribution is 0.0697. The normalized spacial score (nSPS) is 10.7. The molecule has 0 spiro atoms. The summed E-state index contributed by atoms with van der Waals surface area (Å²) in [7, 11) is 0. The van der Waals surface area contributed by atoms with E-state index in [0.717, 1.165) is 22.2 Å². The number of carbonyl (C=O) groups is 1. The van der Waals surface area contributed by atoms with E-state index in [0.29, 0.717) is 23.3 Å². The molecule has 8 heteroatoms. The maximum atomic E-state index is 11.0. The molecule has 29 heavy (non-hydrogen) atoms. The fraction of sp³-hybridized carbons (Fsp3) is 0.0476. The molecule has 2 aromatic carbocycles. The van der Waals surface area contributed by atoms with Crippen LogP contribution in [0, 0.1) is 0 Å². The van der Waals surface area contributed by atoms with E-state index in [1.807, 2.05) is 30.3 Å². The van der Waals surface area contributed by atoms with Gasteiger partial charge in [-0.05, 0) is 48.0 Å². The fourth-order valence-corrected chi connectivity index (χ4v) is 2.88. The molecular formula is C21H16ClN5O2. The quantitative estimate of drug-likeness (QED) is 0.426. The standard InChI is InChI=1S/C21H16ClN5O2/c22-15-5-1-13(2-6-15)11-24-21-25-12-17-18(27-21)9-10-23-19(17)26-16-7-3-14(4-8-16)20(28)29/h1-10,12H,11H2,(H,23,26)(H,28,29)(H,24,25,27). The lowest BCUT2D eigenvalue weighted by Crippen LogP contribution is -2.04. The SMILES string of the molecule is O=C(O)c1ccc(Nc2nccc3nc(NCc4ccc(Cl)cc4)ncc23)cc1. The molecule has 0 radical (unpaired) electrons. The first-order valence-electron chi connectivity index (χ1n) is 8.79. The molecule has 0 aliphatic heterocycles. The molecule has 7 nitrogen and oxygen atoms in total. The van der Waals surface area contributed by atoms with Crippen LogP contribution >= 0.6 is 11.6 Å². The largest absolute Gasteiger partial charge is 0.478 e. The average Bonchev–Trinajstić information content (AvgIpc) is 2.74. The van der Waals surface area contributed by atoms with Crippen LogP contribution in [0.25, 0.3) is 10.9 Å². The van der Waals surface area contributed by atoms with Crippen molar-refractivity contribution in [2.75, 3.05) is 10.6 Å². The van der Waals surface area contributed by atoms with Gasteiger partial charge in [-0.3, -0.25) is 0 Å². The third-order valence-corrected chi connectivity index (χ3v) is 4.52. The Morgan fingerprint density at radius 2 is 1.76 bits per heavy atom. The molecule has 0 atom stereocenters. The maximum absolute atomic E-state index is 11.0. The molecule has 0 fully saturated rings. The van der Waals surface area contributed by atoms with Crippen molar-refractivity contribution < 1.29 is 9.90 Å². The van der Waals surface area contributed by atoms with E-state index >= 15 is 0 Å². The molecule has 4 aromatic rings. The van der Waals surface area contributed by atoms with E-state index in [-0.39, 0.29) is 5.56 Å². The van der Waals surface area contributed by atoms with Crippen molar-refractivity contribution in [1.82, 2.24) is 15.0 Å². The summed E-state index contributed by atoms with van der Waals surface area (Å²) < 4.78 is 0. The Labute approximate surface area is 171 Å². The zero-order valence-electron chi connectivity index (χ0n) is 15.1. The lowest BCUT2D eigenvalue weighted by atomic mass is 10.2. The number of hydrogen-bond donors (Lipinski definition) is 3. The van der Waals surface area contributed by atoms with Gasteiger partial charge in [-0.2, -0.15) is 0 Å². The molecule has 144 valence electrons. The number of hydrogen-bond acceptors (Lipinski definition) is 6. The van der Waals surface area contributed by atoms with Gasteiger partial charge in [0, 0.05) is 29.6 Å². The number of anilines is 3. The van der Waals surface area contributed by atoms with Gasteiger partial charge in [-0.25, -0.2) is 19.7 Å². The Hall–Kier alpha value is -3.71. The highest BCUT2D eigenvalue weighted by molar-refractivity contribution is 6.30. The highest BCUT2D eigenvalue weighted by Crippen LogP contribution is 2.24. The second-order valence-electron chi connectivity index (χ2n) is 6.27. The van der Waals surface area contributed by atoms with Crippen molar-refractivity contribution in [2.24, 2.45) is 0 Å². The number of halogens is 1. The molecule has 2 heterocycles. The van der Waals surface area contributed by atoms with Crippen LogP contribution in [0.5, 0.6) is 0 Å². The van der Waals surface area contributed by atoms with Crippen molar-refractivity contribution in [3.63, 3.8) is 0 Å². The Balaban J connectivity index is 1.52. The van der Waals surface area contributed by atoms with Crippen molar-refractivity contribution in [2.45, 2.75) is 6.54 Å². The zero-order chi connectivity index (χ0) is 20.2. The molecule has 4 rings (SSSR count). The number of aromatic nitrogens is 3. The summed E-state index contributed by atoms with van der Waals surface area (Å²) in [5, 5.41) is 16.8. The van der Waals surface area contributed by atoms with Crippen molar-refractivity contribution in [3.8, 4) is 0 Å². The van der Waals surface area contributed by atoms with Crippen LogP contribution in [0.1, 0.15) is 15.9 Å². The second kappa shape index (κ2) is 8.12. The molecule has 0 saturated carbocycles. The molecule has 0 aliphatic rings. The molecule has 0 unspecified atom stereocenters. The van der Waals surface area contributed by atoms with Gasteiger partial charge >= 0.3 is 5.97 Å². The highest BCUT2D eigenvalue weighted by atomic mass is 35.5. The minimum atomic E-state index is -0.966. The predicted molar refractivity (Wildman–Crippen MR) is 113 cm³/mol. The smallest absolute Gasteiger partial charge is 0.335 e. The summed E-state index contributed by atoms with van der Waals surface area (Å²) in [6.07, 6.45) is 3.36. The summed E-state index contributed by atoms with van der Waals surface area (Å²) in [4.78, 5) is 24.2. The van der Waals surface area contributed by atoms with Crippen LogP contribution in [-0.2, 0) is 6.54 Å². The molecule has 0 bridgehead atoms. The minimum absolute atomic E-state index is 0.223. The molecule has 3 N–H and O–H groups in total. The highest BCUT2D eigenvalue weighted by Gasteiger charge is 2.08. The molecule has 0 saturated heterocycles. The number of benzene rings is 2. The first kappa shape index (κ1) is 18.6. The average molecular weight is 406 g/mol. The van der Waals surface area contributed by atoms with Gasteiger partial charge in [0.25, 0.3) is 0 Å². The molecule has 0 amide bonds. The molecular weight excluding hydrogens is 390 g/mol. The van der Waals surface area contributed by atoms with Crippen LogP contribution in [-0.4, -0.2) is 26.0 Å². The van der Waals surface area contributed by atoms with Crippen molar-refractivity contribution in [3.05, 3.63) is 83.1 Å². The van der Waals surface area contributed by atoms with Gasteiger partial charge in [-0.15, -0.1) is 0 Å². The Kier molecular flexibility index (Phi) is 5.22. The van der Waals surface area contributed by atoms with Crippen LogP contribution < -0.4 is 10.6 Å². The number of nitrogens with one attached hydrogen (secondary N) is 2. The van der Waals surface area contributed by atoms with Crippen LogP contribution in [0.15, 0.2) is 67.0 Å². The number of nitrogens with zero attached hydrogens (tertiary/aromatic N) is 3. The Bertz CT molecular complexity index is 1160. The number of rotatable bonds is 6. The number of fused-ring (bicyclic) bond motifs is 1. The van der Waals surface area contributed by atoms with Gasteiger partial charge < -0.3 is 15.7 Å². The number of carboxylic acids is 1. The number of pyridine rings is 1. The first-order valence-corrected chi connectivity index (χ1v) is 9.17. The lowest BCUT2D eigenvalue weighted by Gasteiger charge is -2.10. The summed E-state index contributed by atoms with van der Waals surface area (Å²) in [5.41, 5.74) is 2.75. The van der Waals surface area contributed by atoms with Crippen molar-refractivity contribution >= 4 is 45.9 Å². The summed E-state index contributed by atoms with van der Waals surface area (Å²) in [5.74, 6) is 0.136. The Morgan fingerprint density at radius 3 is 2.48 bits per heavy atom. The monoisotopic (exact) mass is 405 g/mol. The van der Waals surface area contributed by atoms with Gasteiger partial charge in [0.05, 0.1) is 16.5 Å². The van der Waals surface area contributed by atoms with E-state index < -0.39 is 5.97 Å². The van der Waals surface area contributed by atoms with E-state index in [9.17, 15) is 4.79 Å². The van der Waals surface area contributed by atoms with Gasteiger partial charge in [0.15, 0.2) is 0 Å². The van der Waals surface area contributed by atoms with E-state index in [1.165, 1.54) is 12.1 Å². The summed E-state index contributed by atoms with van der Waals surface area (Å²) in [6, 6.07) is 15.8. The zero-order valence-corrected chi connectivity index (χ0v) is 15.9. The topological polar surface area (TPSA) is 100 Å². The van der Waals surface area contributed by atoms with E-state index in [2.05, 4.69) is 25.6 Å². The predicted octanol–water partition coefficient (Wildman–Crippen LogP) is 4.73. The van der Waals surface area contributed by atoms with Gasteiger partial charge in [-0.1, -0.05) is 23.7 Å². The second-order valence-corrected chi connectivity index (χ2v) is 6.71. The summed E-state index contributed by atoms with van der Waals surface area (Å²) in [6.45, 7) is 0.578. The molecule has 0 aliphatic carbocycles. The van der Waals surface area contributed by atoms with Crippen LogP contribution in [0.2, 0.25) is 5.02 Å². The Morgan fingerprint density at radius 1 is 1.00 bits per heavy atom. The third-order valence-electron chi connectivity index (χ3n) is 4.27. The van der Waals surface area contributed by atoms with Gasteiger partial charge in [0.1, 0.15) is 5.82 Å². The maximum Gasteiger partial charge on any atom is 0.335 e. The van der Waals surface area contributed by atoms with Crippen LogP contribution in [0.4, 0.5) is 17.5 Å². The van der Waals surface area contributed by atoms with E-state index in [4.69, 9.17) is 16.7 Å². The van der Waals surface area contributed by atoms with E-state index in [1.54, 1.807) is 24.5 Å². The number of aromatic carboxylic acids is 1. The van der Waals surface area contributed by atoms with Crippen molar-refractivity contribution in [1.29, 1.82) is 0 Å². The van der Waals surface area contributed by atoms with Crippen LogP contribution in [0.3, 0.4) is 0 Å². The van der Waals surface area contributed by atoms with Gasteiger partial charge in [0.2, 0.25) is 5.95 Å². The summed E-state index contributed by atoms with van der Waals surface area (Å²) >= 11 is 5.91. The minimum Gasteiger partial charge on any atom is -0.478 e. The third kappa shape index (κ3) is 4.41.